The molecule has 1 N–H and O–H groups in total. The van der Waals surface area contributed by atoms with E-state index in [-0.39, 0.29) is 0 Å². The fourth-order valence-electron chi connectivity index (χ4n) is 2.18. The van der Waals surface area contributed by atoms with E-state index in [1.807, 2.05) is 19.1 Å². The topological polar surface area (TPSA) is 37.3 Å². The van der Waals surface area contributed by atoms with Crippen molar-refractivity contribution >= 4 is 5.97 Å². The zero-order chi connectivity index (χ0) is 15.8. The molecule has 2 nitrogen and oxygen atoms in total. The van der Waals surface area contributed by atoms with Gasteiger partial charge >= 0.3 is 5.97 Å². The lowest BCUT2D eigenvalue weighted by Gasteiger charge is -2.00. The second-order valence-electron chi connectivity index (χ2n) is 5.47. The minimum absolute atomic E-state index is 0.351. The number of allylic oxidation sites excluding steroid dienone is 4. The number of aliphatic carboxylic acids is 1. The summed E-state index contributed by atoms with van der Waals surface area (Å²) in [4.78, 5) is 11.0. The summed E-state index contributed by atoms with van der Waals surface area (Å²) in [6, 6.07) is 0. The molecule has 21 heavy (non-hydrogen) atoms. The van der Waals surface area contributed by atoms with Crippen LogP contribution < -0.4 is 0 Å². The number of hydrogen-bond donors (Lipinski definition) is 1. The molecule has 2 heteroatoms. The van der Waals surface area contributed by atoms with Crippen molar-refractivity contribution < 1.29 is 9.90 Å². The van der Waals surface area contributed by atoms with Gasteiger partial charge in [0.15, 0.2) is 0 Å². The van der Waals surface area contributed by atoms with Gasteiger partial charge in [-0.05, 0) is 25.8 Å². The zero-order valence-corrected chi connectivity index (χ0v) is 13.8. The van der Waals surface area contributed by atoms with E-state index in [4.69, 9.17) is 5.11 Å². The van der Waals surface area contributed by atoms with Crippen molar-refractivity contribution in [2.45, 2.75) is 78.1 Å². The molecular weight excluding hydrogens is 260 g/mol. The molecule has 0 bridgehead atoms. The summed E-state index contributed by atoms with van der Waals surface area (Å²) in [6.07, 6.45) is 21.7. The number of carboxylic acids is 1. The maximum Gasteiger partial charge on any atom is 0.335 e. The Bertz CT molecular complexity index is 337. The van der Waals surface area contributed by atoms with Crippen molar-refractivity contribution in [3.05, 3.63) is 36.0 Å². The van der Waals surface area contributed by atoms with Gasteiger partial charge in [-0.3, -0.25) is 0 Å². The first-order valence-corrected chi connectivity index (χ1v) is 8.45. The maximum atomic E-state index is 11.0. The van der Waals surface area contributed by atoms with Crippen LogP contribution in [-0.2, 0) is 4.79 Å². The number of carbonyl (C=O) groups is 1. The van der Waals surface area contributed by atoms with Crippen LogP contribution in [0.25, 0.3) is 0 Å². The summed E-state index contributed by atoms with van der Waals surface area (Å²) in [5.41, 5.74) is 0.351. The fourth-order valence-corrected chi connectivity index (χ4v) is 2.18. The van der Waals surface area contributed by atoms with Gasteiger partial charge in [0.2, 0.25) is 0 Å². The van der Waals surface area contributed by atoms with Gasteiger partial charge < -0.3 is 5.11 Å². The molecule has 0 fully saturated rings. The van der Waals surface area contributed by atoms with E-state index >= 15 is 0 Å². The summed E-state index contributed by atoms with van der Waals surface area (Å²) in [5.74, 6) is -0.864. The molecule has 0 heterocycles. The lowest BCUT2D eigenvalue weighted by molar-refractivity contribution is -0.132. The van der Waals surface area contributed by atoms with Crippen molar-refractivity contribution in [3.63, 3.8) is 0 Å². The summed E-state index contributed by atoms with van der Waals surface area (Å²) >= 11 is 0. The molecule has 0 saturated carbocycles. The highest BCUT2D eigenvalue weighted by atomic mass is 16.4. The molecule has 0 aliphatic carbocycles. The van der Waals surface area contributed by atoms with Crippen molar-refractivity contribution in [2.75, 3.05) is 0 Å². The number of rotatable bonds is 13. The number of carboxylic acid groups (broad SMARTS) is 1. The molecule has 0 radical (unpaired) electrons. The quantitative estimate of drug-likeness (QED) is 0.255. The maximum absolute atomic E-state index is 11.0. The Labute approximate surface area is 130 Å². The number of unbranched alkanes of at least 4 members (excludes halogenated alkanes) is 9. The van der Waals surface area contributed by atoms with Crippen molar-refractivity contribution in [3.8, 4) is 0 Å². The minimum atomic E-state index is -0.864. The minimum Gasteiger partial charge on any atom is -0.478 e. The molecule has 0 aliphatic heterocycles. The molecule has 0 amide bonds. The van der Waals surface area contributed by atoms with Gasteiger partial charge in [0, 0.05) is 0 Å². The van der Waals surface area contributed by atoms with E-state index in [1.54, 1.807) is 18.2 Å². The first kappa shape index (κ1) is 19.7. The largest absolute Gasteiger partial charge is 0.478 e. The van der Waals surface area contributed by atoms with Gasteiger partial charge in [0.1, 0.15) is 0 Å². The van der Waals surface area contributed by atoms with Crippen LogP contribution in [0.1, 0.15) is 78.1 Å². The van der Waals surface area contributed by atoms with E-state index in [2.05, 4.69) is 6.92 Å². The third kappa shape index (κ3) is 13.4. The Balaban J connectivity index is 3.61. The standard InChI is InChI=1S/C19H32O2/c1-3-5-7-8-9-10-11-12-13-14-15-17-18(19(20)21)16-6-4-2/h4,6,15-17H,3,5,7-14H2,1-2H3,(H,20,21). The first-order chi connectivity index (χ1) is 10.2. The summed E-state index contributed by atoms with van der Waals surface area (Å²) < 4.78 is 0. The van der Waals surface area contributed by atoms with Crippen molar-refractivity contribution in [1.29, 1.82) is 0 Å². The van der Waals surface area contributed by atoms with Crippen molar-refractivity contribution in [2.24, 2.45) is 0 Å². The van der Waals surface area contributed by atoms with Crippen LogP contribution in [0.15, 0.2) is 36.0 Å². The molecule has 120 valence electrons. The summed E-state index contributed by atoms with van der Waals surface area (Å²) in [7, 11) is 0. The molecule has 0 aromatic carbocycles. The van der Waals surface area contributed by atoms with E-state index in [0.29, 0.717) is 5.57 Å². The Kier molecular flexibility index (Phi) is 14.1. The molecule has 0 atom stereocenters. The van der Waals surface area contributed by atoms with Gasteiger partial charge in [0.25, 0.3) is 0 Å². The molecule has 0 aromatic heterocycles. The van der Waals surface area contributed by atoms with Crippen LogP contribution in [0.4, 0.5) is 0 Å². The van der Waals surface area contributed by atoms with Crippen LogP contribution in [-0.4, -0.2) is 11.1 Å². The monoisotopic (exact) mass is 292 g/mol. The van der Waals surface area contributed by atoms with Gasteiger partial charge in [-0.15, -0.1) is 0 Å². The van der Waals surface area contributed by atoms with Crippen LogP contribution in [0.5, 0.6) is 0 Å². The smallest absolute Gasteiger partial charge is 0.335 e. The predicted octanol–water partition coefficient (Wildman–Crippen LogP) is 6.05. The van der Waals surface area contributed by atoms with E-state index in [1.165, 1.54) is 51.4 Å². The molecule has 0 unspecified atom stereocenters. The molecule has 0 spiro atoms. The average molecular weight is 292 g/mol. The van der Waals surface area contributed by atoms with Crippen LogP contribution in [0.2, 0.25) is 0 Å². The van der Waals surface area contributed by atoms with Gasteiger partial charge in [-0.1, -0.05) is 82.6 Å². The second kappa shape index (κ2) is 15.1. The number of hydrogen-bond acceptors (Lipinski definition) is 1. The SMILES string of the molecule is CC=CC=C(C=CCCCCCCCCCCC)C(=O)O. The summed E-state index contributed by atoms with van der Waals surface area (Å²) in [6.45, 7) is 4.12. The molecule has 0 aromatic rings. The van der Waals surface area contributed by atoms with Crippen LogP contribution in [0.3, 0.4) is 0 Å². The zero-order valence-electron chi connectivity index (χ0n) is 13.8. The Morgan fingerprint density at radius 3 is 2.05 bits per heavy atom. The Morgan fingerprint density at radius 2 is 1.52 bits per heavy atom. The lowest BCUT2D eigenvalue weighted by Crippen LogP contribution is -1.96. The Hall–Kier alpha value is -1.31. The first-order valence-electron chi connectivity index (χ1n) is 8.45. The summed E-state index contributed by atoms with van der Waals surface area (Å²) in [5, 5.41) is 9.01. The highest BCUT2D eigenvalue weighted by Crippen LogP contribution is 2.11. The third-order valence-electron chi connectivity index (χ3n) is 3.49. The van der Waals surface area contributed by atoms with Gasteiger partial charge in [-0.25, -0.2) is 4.79 Å². The molecule has 0 saturated heterocycles. The molecular formula is C19H32O2. The highest BCUT2D eigenvalue weighted by Gasteiger charge is 2.00. The van der Waals surface area contributed by atoms with Crippen LogP contribution in [0, 0.1) is 0 Å². The molecule has 0 rings (SSSR count). The Morgan fingerprint density at radius 1 is 0.952 bits per heavy atom. The average Bonchev–Trinajstić information content (AvgIpc) is 2.47. The van der Waals surface area contributed by atoms with Gasteiger partial charge in [-0.2, -0.15) is 0 Å². The highest BCUT2D eigenvalue weighted by molar-refractivity contribution is 5.90. The van der Waals surface area contributed by atoms with E-state index in [9.17, 15) is 4.79 Å². The second-order valence-corrected chi connectivity index (χ2v) is 5.47. The lowest BCUT2D eigenvalue weighted by atomic mass is 10.1. The predicted molar refractivity (Wildman–Crippen MR) is 91.5 cm³/mol. The third-order valence-corrected chi connectivity index (χ3v) is 3.49. The van der Waals surface area contributed by atoms with Crippen molar-refractivity contribution in [1.82, 2.24) is 0 Å². The van der Waals surface area contributed by atoms with Gasteiger partial charge in [0.05, 0.1) is 5.57 Å². The normalized spacial score (nSPS) is 12.6. The van der Waals surface area contributed by atoms with E-state index < -0.39 is 5.97 Å². The fraction of sp³-hybridized carbons (Fsp3) is 0.632. The molecule has 0 aliphatic rings. The van der Waals surface area contributed by atoms with Crippen LogP contribution >= 0.6 is 0 Å². The van der Waals surface area contributed by atoms with E-state index in [0.717, 1.165) is 12.8 Å².